The van der Waals surface area contributed by atoms with Crippen LogP contribution in [0.1, 0.15) is 21.5 Å². The van der Waals surface area contributed by atoms with Crippen molar-refractivity contribution in [3.05, 3.63) is 53.3 Å². The molecule has 0 unspecified atom stereocenters. The Morgan fingerprint density at radius 2 is 2.20 bits per heavy atom. The molecule has 0 atom stereocenters. The summed E-state index contributed by atoms with van der Waals surface area (Å²) >= 11 is 0. The molecule has 0 aliphatic carbocycles. The van der Waals surface area contributed by atoms with Gasteiger partial charge in [0.1, 0.15) is 17.3 Å². The largest absolute Gasteiger partial charge is 0.494 e. The smallest absolute Gasteiger partial charge is 0.259 e. The fraction of sp³-hybridized carbons (Fsp3) is 0.222. The molecule has 3 heterocycles. The number of benzene rings is 1. The molecule has 1 aromatic carbocycles. The van der Waals surface area contributed by atoms with Gasteiger partial charge in [0.2, 0.25) is 5.96 Å². The first-order valence-corrected chi connectivity index (χ1v) is 7.99. The van der Waals surface area contributed by atoms with E-state index < -0.39 is 0 Å². The van der Waals surface area contributed by atoms with Crippen LogP contribution in [-0.2, 0) is 0 Å². The molecular weight excluding hydrogens is 318 g/mol. The lowest BCUT2D eigenvalue weighted by Gasteiger charge is -2.28. The third-order valence-corrected chi connectivity index (χ3v) is 4.28. The van der Waals surface area contributed by atoms with Crippen LogP contribution in [0, 0.1) is 6.92 Å². The second kappa shape index (κ2) is 6.01. The van der Waals surface area contributed by atoms with E-state index in [2.05, 4.69) is 20.3 Å². The first-order chi connectivity index (χ1) is 12.2. The summed E-state index contributed by atoms with van der Waals surface area (Å²) in [5.41, 5.74) is 2.97. The zero-order chi connectivity index (χ0) is 17.4. The van der Waals surface area contributed by atoms with Crippen LogP contribution in [-0.4, -0.2) is 47.8 Å². The zero-order valence-corrected chi connectivity index (χ0v) is 14.0. The third-order valence-electron chi connectivity index (χ3n) is 4.28. The second-order valence-corrected chi connectivity index (χ2v) is 5.79. The van der Waals surface area contributed by atoms with Crippen molar-refractivity contribution in [3.8, 4) is 5.75 Å². The monoisotopic (exact) mass is 335 g/mol. The summed E-state index contributed by atoms with van der Waals surface area (Å²) in [6, 6.07) is 7.52. The Morgan fingerprint density at radius 3 is 3.00 bits per heavy atom. The number of para-hydroxylation sites is 1. The van der Waals surface area contributed by atoms with Crippen LogP contribution in [0.25, 0.3) is 0 Å². The molecule has 0 saturated carbocycles. The number of amidine groups is 1. The Bertz CT molecular complexity index is 919. The van der Waals surface area contributed by atoms with Crippen molar-refractivity contribution in [2.24, 2.45) is 9.98 Å². The molecule has 0 spiro atoms. The average molecular weight is 335 g/mol. The number of nitrogens with one attached hydrogen (secondary N) is 1. The molecule has 0 fully saturated rings. The molecule has 2 aromatic rings. The number of carbonyl (C=O) groups excluding carboxylic acids is 1. The first kappa shape index (κ1) is 15.3. The van der Waals surface area contributed by atoms with E-state index >= 15 is 0 Å². The lowest BCUT2D eigenvalue weighted by atomic mass is 10.1. The van der Waals surface area contributed by atoms with Crippen molar-refractivity contribution >= 4 is 23.4 Å². The average Bonchev–Trinajstić information content (AvgIpc) is 3.12. The van der Waals surface area contributed by atoms with Crippen LogP contribution in [0.2, 0.25) is 0 Å². The minimum absolute atomic E-state index is 0.242. The molecule has 0 bridgehead atoms. The van der Waals surface area contributed by atoms with Crippen LogP contribution < -0.4 is 10.1 Å². The van der Waals surface area contributed by atoms with E-state index in [4.69, 9.17) is 4.74 Å². The number of hydrogen-bond acceptors (Lipinski definition) is 6. The van der Waals surface area contributed by atoms with Crippen molar-refractivity contribution in [1.29, 1.82) is 0 Å². The fourth-order valence-electron chi connectivity index (χ4n) is 3.00. The molecule has 4 rings (SSSR count). The molecule has 7 nitrogen and oxygen atoms in total. The highest BCUT2D eigenvalue weighted by molar-refractivity contribution is 6.19. The minimum Gasteiger partial charge on any atom is -0.494 e. The van der Waals surface area contributed by atoms with E-state index in [9.17, 15) is 4.79 Å². The van der Waals surface area contributed by atoms with E-state index in [-0.39, 0.29) is 5.91 Å². The number of hydrogen-bond donors (Lipinski definition) is 1. The number of fused-ring (bicyclic) bond motifs is 3. The summed E-state index contributed by atoms with van der Waals surface area (Å²) in [6.07, 6.45) is 3.22. The number of methoxy groups -OCH3 is 1. The summed E-state index contributed by atoms with van der Waals surface area (Å²) in [6.45, 7) is 3.21. The Kier molecular flexibility index (Phi) is 3.68. The molecule has 126 valence electrons. The van der Waals surface area contributed by atoms with Crippen LogP contribution in [0.3, 0.4) is 0 Å². The molecule has 2 aliphatic rings. The minimum atomic E-state index is -0.242. The van der Waals surface area contributed by atoms with Gasteiger partial charge in [0.05, 0.1) is 19.2 Å². The molecular formula is C18H17N5O2. The number of carbonyl (C=O) groups is 1. The lowest BCUT2D eigenvalue weighted by Crippen LogP contribution is -2.47. The summed E-state index contributed by atoms with van der Waals surface area (Å²) in [7, 11) is 1.60. The summed E-state index contributed by atoms with van der Waals surface area (Å²) in [4.78, 5) is 27.8. The van der Waals surface area contributed by atoms with Crippen molar-refractivity contribution in [2.45, 2.75) is 6.92 Å². The van der Waals surface area contributed by atoms with Gasteiger partial charge in [-0.15, -0.1) is 0 Å². The van der Waals surface area contributed by atoms with Gasteiger partial charge in [-0.05, 0) is 30.7 Å². The number of nitrogens with zero attached hydrogens (tertiary/aromatic N) is 4. The third kappa shape index (κ3) is 2.53. The molecule has 2 aliphatic heterocycles. The van der Waals surface area contributed by atoms with Gasteiger partial charge in [-0.25, -0.2) is 4.99 Å². The zero-order valence-electron chi connectivity index (χ0n) is 14.0. The quantitative estimate of drug-likeness (QED) is 0.909. The maximum atomic E-state index is 12.7. The van der Waals surface area contributed by atoms with E-state index in [1.165, 1.54) is 0 Å². The first-order valence-electron chi connectivity index (χ1n) is 7.99. The summed E-state index contributed by atoms with van der Waals surface area (Å²) in [5.74, 6) is 1.67. The molecule has 7 heteroatoms. The van der Waals surface area contributed by atoms with Gasteiger partial charge in [-0.1, -0.05) is 6.07 Å². The number of aryl methyl sites for hydroxylation is 1. The van der Waals surface area contributed by atoms with Crippen LogP contribution in [0.5, 0.6) is 5.75 Å². The van der Waals surface area contributed by atoms with Gasteiger partial charge in [0, 0.05) is 24.5 Å². The van der Waals surface area contributed by atoms with Gasteiger partial charge in [0.25, 0.3) is 5.91 Å². The Labute approximate surface area is 145 Å². The Hall–Kier alpha value is -3.22. The number of aliphatic imine (C=N–C) groups is 2. The van der Waals surface area contributed by atoms with Gasteiger partial charge < -0.3 is 4.74 Å². The number of guanidine groups is 1. The predicted molar refractivity (Wildman–Crippen MR) is 94.6 cm³/mol. The van der Waals surface area contributed by atoms with Gasteiger partial charge in [-0.3, -0.25) is 25.0 Å². The molecule has 1 amide bonds. The Balaban J connectivity index is 1.74. The molecule has 25 heavy (non-hydrogen) atoms. The second-order valence-electron chi connectivity index (χ2n) is 5.79. The van der Waals surface area contributed by atoms with E-state index in [1.807, 2.05) is 30.0 Å². The fourth-order valence-corrected chi connectivity index (χ4v) is 3.00. The number of aromatic nitrogens is 1. The molecule has 1 N–H and O–H groups in total. The highest BCUT2D eigenvalue weighted by Crippen LogP contribution is 2.36. The molecule has 1 aromatic heterocycles. The van der Waals surface area contributed by atoms with Crippen molar-refractivity contribution in [2.75, 3.05) is 20.2 Å². The number of rotatable bonds is 2. The predicted octanol–water partition coefficient (Wildman–Crippen LogP) is 1.89. The van der Waals surface area contributed by atoms with Crippen molar-refractivity contribution < 1.29 is 9.53 Å². The van der Waals surface area contributed by atoms with E-state index in [0.717, 1.165) is 17.0 Å². The number of ether oxygens (including phenoxy) is 1. The van der Waals surface area contributed by atoms with Gasteiger partial charge >= 0.3 is 0 Å². The normalized spacial score (nSPS) is 15.0. The van der Waals surface area contributed by atoms with Crippen molar-refractivity contribution in [1.82, 2.24) is 15.2 Å². The highest BCUT2D eigenvalue weighted by Gasteiger charge is 2.32. The van der Waals surface area contributed by atoms with Crippen LogP contribution >= 0.6 is 0 Å². The number of pyridine rings is 1. The maximum absolute atomic E-state index is 12.7. The van der Waals surface area contributed by atoms with E-state index in [1.54, 1.807) is 25.6 Å². The highest BCUT2D eigenvalue weighted by atomic mass is 16.5. The number of amides is 1. The van der Waals surface area contributed by atoms with Crippen molar-refractivity contribution in [3.63, 3.8) is 0 Å². The summed E-state index contributed by atoms with van der Waals surface area (Å²) < 4.78 is 5.41. The van der Waals surface area contributed by atoms with Crippen LogP contribution in [0.4, 0.5) is 5.69 Å². The molecule has 0 saturated heterocycles. The van der Waals surface area contributed by atoms with Gasteiger partial charge in [0.15, 0.2) is 0 Å². The topological polar surface area (TPSA) is 79.2 Å². The SMILES string of the molecule is COc1cccc2c1N=C(NC(=O)c1cnccc1C)N1CCN=C21. The lowest BCUT2D eigenvalue weighted by molar-refractivity contribution is 0.0973. The van der Waals surface area contributed by atoms with Crippen LogP contribution in [0.15, 0.2) is 46.6 Å². The standard InChI is InChI=1S/C18H17N5O2/c1-11-6-7-19-10-13(11)17(24)22-18-21-15-12(4-3-5-14(15)25-2)16-20-8-9-23(16)18/h3-7,10H,8-9H2,1-2H3,(H,21,22,24). The maximum Gasteiger partial charge on any atom is 0.259 e. The Morgan fingerprint density at radius 1 is 1.32 bits per heavy atom. The van der Waals surface area contributed by atoms with Gasteiger partial charge in [-0.2, -0.15) is 0 Å². The molecule has 0 radical (unpaired) electrons. The van der Waals surface area contributed by atoms with E-state index in [0.29, 0.717) is 36.0 Å². The summed E-state index contributed by atoms with van der Waals surface area (Å²) in [5, 5.41) is 2.90.